The molecule has 336 valence electrons. The molecule has 9 heteroatoms. The lowest BCUT2D eigenvalue weighted by atomic mass is 10.0. The smallest absolute Gasteiger partial charge is 0.306 e. The third-order valence-electron chi connectivity index (χ3n) is 10.9. The lowest BCUT2D eigenvalue weighted by Gasteiger charge is -2.28. The molecule has 0 aromatic carbocycles. The fraction of sp³-hybridized carbons (Fsp3) is 0.979. The molecular formula is C47H96NO7P. The van der Waals surface area contributed by atoms with Crippen molar-refractivity contribution in [3.63, 3.8) is 0 Å². The zero-order valence-electron chi connectivity index (χ0n) is 38.1. The summed E-state index contributed by atoms with van der Waals surface area (Å²) in [6.45, 7) is 5.48. The Morgan fingerprint density at radius 2 is 0.821 bits per heavy atom. The first-order valence-corrected chi connectivity index (χ1v) is 25.7. The number of unbranched alkanes of at least 4 members (excludes halogenated alkanes) is 32. The maximum atomic E-state index is 12.7. The third kappa shape index (κ3) is 44.6. The summed E-state index contributed by atoms with van der Waals surface area (Å²) in [6, 6.07) is 0. The van der Waals surface area contributed by atoms with E-state index in [1.165, 1.54) is 186 Å². The monoisotopic (exact) mass is 818 g/mol. The summed E-state index contributed by atoms with van der Waals surface area (Å²) < 4.78 is 34.7. The van der Waals surface area contributed by atoms with Gasteiger partial charge < -0.3 is 27.9 Å². The second kappa shape index (κ2) is 41.2. The van der Waals surface area contributed by atoms with Gasteiger partial charge in [0.25, 0.3) is 7.82 Å². The van der Waals surface area contributed by atoms with E-state index in [0.29, 0.717) is 24.1 Å². The van der Waals surface area contributed by atoms with Crippen LogP contribution in [-0.2, 0) is 27.9 Å². The van der Waals surface area contributed by atoms with Gasteiger partial charge in [-0.3, -0.25) is 9.36 Å². The highest BCUT2D eigenvalue weighted by molar-refractivity contribution is 7.45. The molecule has 0 aromatic rings. The summed E-state index contributed by atoms with van der Waals surface area (Å²) in [4.78, 5) is 25.1. The van der Waals surface area contributed by atoms with Crippen LogP contribution in [0.15, 0.2) is 0 Å². The Labute approximate surface area is 348 Å². The topological polar surface area (TPSA) is 94.1 Å². The number of likely N-dealkylation sites (N-methyl/N-ethyl adjacent to an activating group) is 1. The van der Waals surface area contributed by atoms with Crippen LogP contribution in [-0.4, -0.2) is 70.7 Å². The number of phosphoric ester groups is 1. The van der Waals surface area contributed by atoms with Gasteiger partial charge in [-0.1, -0.05) is 219 Å². The number of carbonyl (C=O) groups is 1. The Morgan fingerprint density at radius 3 is 1.18 bits per heavy atom. The van der Waals surface area contributed by atoms with Crippen LogP contribution >= 0.6 is 7.82 Å². The first-order chi connectivity index (χ1) is 27.1. The SMILES string of the molecule is CCCCCCCCCCCCCCCCCCCCCCCC(=O)OC(COCCCCCCCCCCCCCCC)COP(=O)([O-])OCC[N+](C)(C)C. The minimum Gasteiger partial charge on any atom is -0.756 e. The maximum absolute atomic E-state index is 12.7. The van der Waals surface area contributed by atoms with Crippen LogP contribution in [0.4, 0.5) is 0 Å². The summed E-state index contributed by atoms with van der Waals surface area (Å²) in [5.74, 6) is -0.326. The molecule has 0 spiro atoms. The molecule has 0 rings (SSSR count). The first kappa shape index (κ1) is 55.5. The van der Waals surface area contributed by atoms with Crippen LogP contribution in [0.3, 0.4) is 0 Å². The third-order valence-corrected chi connectivity index (χ3v) is 11.9. The maximum Gasteiger partial charge on any atom is 0.306 e. The number of quaternary nitrogens is 1. The molecule has 0 saturated carbocycles. The van der Waals surface area contributed by atoms with E-state index in [4.69, 9.17) is 18.5 Å². The average Bonchev–Trinajstić information content (AvgIpc) is 3.15. The molecule has 0 fully saturated rings. The molecule has 0 amide bonds. The molecule has 0 N–H and O–H groups in total. The van der Waals surface area contributed by atoms with Crippen LogP contribution in [0.2, 0.25) is 0 Å². The molecule has 8 nitrogen and oxygen atoms in total. The Kier molecular flexibility index (Phi) is 40.9. The predicted octanol–water partition coefficient (Wildman–Crippen LogP) is 13.8. The van der Waals surface area contributed by atoms with Crippen molar-refractivity contribution in [1.82, 2.24) is 0 Å². The van der Waals surface area contributed by atoms with Crippen LogP contribution in [0.1, 0.15) is 239 Å². The van der Waals surface area contributed by atoms with Crippen LogP contribution in [0.5, 0.6) is 0 Å². The van der Waals surface area contributed by atoms with Crippen molar-refractivity contribution in [1.29, 1.82) is 0 Å². The molecule has 0 radical (unpaired) electrons. The van der Waals surface area contributed by atoms with Crippen molar-refractivity contribution in [3.05, 3.63) is 0 Å². The number of ether oxygens (including phenoxy) is 2. The highest BCUT2D eigenvalue weighted by Gasteiger charge is 2.20. The van der Waals surface area contributed by atoms with Gasteiger partial charge in [0.2, 0.25) is 0 Å². The minimum absolute atomic E-state index is 0.0315. The molecule has 0 bridgehead atoms. The zero-order chi connectivity index (χ0) is 41.3. The second-order valence-electron chi connectivity index (χ2n) is 17.8. The zero-order valence-corrected chi connectivity index (χ0v) is 39.0. The largest absolute Gasteiger partial charge is 0.756 e. The average molecular weight is 818 g/mol. The molecule has 2 atom stereocenters. The summed E-state index contributed by atoms with van der Waals surface area (Å²) in [6.07, 6.45) is 44.0. The summed E-state index contributed by atoms with van der Waals surface area (Å²) in [5, 5.41) is 0. The summed E-state index contributed by atoms with van der Waals surface area (Å²) >= 11 is 0. The number of phosphoric acid groups is 1. The van der Waals surface area contributed by atoms with Crippen LogP contribution in [0.25, 0.3) is 0 Å². The number of nitrogens with zero attached hydrogens (tertiary/aromatic N) is 1. The van der Waals surface area contributed by atoms with Crippen molar-refractivity contribution in [2.45, 2.75) is 245 Å². The van der Waals surface area contributed by atoms with E-state index in [1.807, 2.05) is 21.1 Å². The molecule has 0 aliphatic carbocycles. The fourth-order valence-corrected chi connectivity index (χ4v) is 7.87. The molecule has 0 heterocycles. The highest BCUT2D eigenvalue weighted by atomic mass is 31.2. The van der Waals surface area contributed by atoms with E-state index in [2.05, 4.69) is 13.8 Å². The van der Waals surface area contributed by atoms with Crippen LogP contribution in [0, 0.1) is 0 Å². The second-order valence-corrected chi connectivity index (χ2v) is 19.3. The van der Waals surface area contributed by atoms with Crippen molar-refractivity contribution >= 4 is 13.8 Å². The van der Waals surface area contributed by atoms with Gasteiger partial charge >= 0.3 is 5.97 Å². The lowest BCUT2D eigenvalue weighted by Crippen LogP contribution is -2.37. The fourth-order valence-electron chi connectivity index (χ4n) is 7.14. The first-order valence-electron chi connectivity index (χ1n) is 24.3. The van der Waals surface area contributed by atoms with Gasteiger partial charge in [0, 0.05) is 13.0 Å². The Morgan fingerprint density at radius 1 is 0.482 bits per heavy atom. The molecule has 0 saturated heterocycles. The number of carbonyl (C=O) groups excluding carboxylic acids is 1. The molecular weight excluding hydrogens is 721 g/mol. The van der Waals surface area contributed by atoms with Crippen molar-refractivity contribution in [2.24, 2.45) is 0 Å². The van der Waals surface area contributed by atoms with Gasteiger partial charge in [0.1, 0.15) is 19.3 Å². The highest BCUT2D eigenvalue weighted by Crippen LogP contribution is 2.38. The van der Waals surface area contributed by atoms with Crippen LogP contribution < -0.4 is 4.89 Å². The predicted molar refractivity (Wildman–Crippen MR) is 236 cm³/mol. The molecule has 2 unspecified atom stereocenters. The number of hydrogen-bond donors (Lipinski definition) is 0. The summed E-state index contributed by atoms with van der Waals surface area (Å²) in [7, 11) is 1.38. The van der Waals surface area contributed by atoms with Crippen molar-refractivity contribution < 1.29 is 37.3 Å². The molecule has 0 aliphatic heterocycles. The van der Waals surface area contributed by atoms with Crippen molar-refractivity contribution in [3.8, 4) is 0 Å². The number of rotatable bonds is 46. The Balaban J connectivity index is 4.08. The van der Waals surface area contributed by atoms with E-state index in [-0.39, 0.29) is 25.8 Å². The van der Waals surface area contributed by atoms with Gasteiger partial charge in [0.05, 0.1) is 34.4 Å². The standard InChI is InChI=1S/C47H96NO7P/c1-6-8-10-12-14-16-18-20-21-22-23-24-25-26-27-28-30-32-34-36-38-40-47(49)55-46(45-54-56(50,51)53-43-41-48(3,4)5)44-52-42-39-37-35-33-31-29-19-17-15-13-11-9-7-2/h46H,6-45H2,1-5H3. The van der Waals surface area contributed by atoms with Gasteiger partial charge in [-0.05, 0) is 12.8 Å². The molecule has 56 heavy (non-hydrogen) atoms. The lowest BCUT2D eigenvalue weighted by molar-refractivity contribution is -0.870. The Bertz CT molecular complexity index is 868. The minimum atomic E-state index is -4.52. The summed E-state index contributed by atoms with van der Waals surface area (Å²) in [5.41, 5.74) is 0. The van der Waals surface area contributed by atoms with E-state index in [9.17, 15) is 14.3 Å². The van der Waals surface area contributed by atoms with E-state index < -0.39 is 13.9 Å². The number of hydrogen-bond acceptors (Lipinski definition) is 7. The quantitative estimate of drug-likeness (QED) is 0.0261. The normalized spacial score (nSPS) is 13.6. The molecule has 0 aromatic heterocycles. The van der Waals surface area contributed by atoms with Gasteiger partial charge in [-0.25, -0.2) is 0 Å². The van der Waals surface area contributed by atoms with E-state index in [0.717, 1.165) is 32.1 Å². The van der Waals surface area contributed by atoms with Gasteiger partial charge in [-0.15, -0.1) is 0 Å². The van der Waals surface area contributed by atoms with E-state index >= 15 is 0 Å². The Hall–Kier alpha value is -0.500. The van der Waals surface area contributed by atoms with Gasteiger partial charge in [-0.2, -0.15) is 0 Å². The van der Waals surface area contributed by atoms with Crippen molar-refractivity contribution in [2.75, 3.05) is 54.1 Å². The van der Waals surface area contributed by atoms with Gasteiger partial charge in [0.15, 0.2) is 0 Å². The molecule has 0 aliphatic rings. The number of esters is 1. The van der Waals surface area contributed by atoms with E-state index in [1.54, 1.807) is 0 Å².